The molecule has 0 unspecified atom stereocenters. The molecule has 106 valence electrons. The summed E-state index contributed by atoms with van der Waals surface area (Å²) in [6.07, 6.45) is 1.68. The number of thiophene rings is 1. The molecule has 2 aromatic rings. The van der Waals surface area contributed by atoms with Gasteiger partial charge in [0.15, 0.2) is 11.5 Å². The van der Waals surface area contributed by atoms with Gasteiger partial charge in [0.05, 0.1) is 6.61 Å². The molecule has 0 bridgehead atoms. The van der Waals surface area contributed by atoms with Gasteiger partial charge in [0.2, 0.25) is 6.79 Å². The Morgan fingerprint density at radius 1 is 1.20 bits per heavy atom. The summed E-state index contributed by atoms with van der Waals surface area (Å²) in [6.45, 7) is 1.51. The molecule has 20 heavy (non-hydrogen) atoms. The predicted octanol–water partition coefficient (Wildman–Crippen LogP) is 2.60. The fourth-order valence-electron chi connectivity index (χ4n) is 2.17. The van der Waals surface area contributed by atoms with Crippen LogP contribution in [0.5, 0.6) is 17.2 Å². The molecular weight excluding hydrogens is 274 g/mol. The van der Waals surface area contributed by atoms with Crippen molar-refractivity contribution in [2.75, 3.05) is 19.9 Å². The topological polar surface area (TPSA) is 53.7 Å². The van der Waals surface area contributed by atoms with Gasteiger partial charge in [-0.1, -0.05) is 6.07 Å². The van der Waals surface area contributed by atoms with Crippen LogP contribution in [-0.4, -0.2) is 19.9 Å². The molecule has 0 aliphatic carbocycles. The van der Waals surface area contributed by atoms with E-state index in [1.807, 2.05) is 12.1 Å². The van der Waals surface area contributed by atoms with Gasteiger partial charge in [-0.05, 0) is 36.0 Å². The van der Waals surface area contributed by atoms with Crippen molar-refractivity contribution in [3.63, 3.8) is 0 Å². The Morgan fingerprint density at radius 2 is 2.05 bits per heavy atom. The maximum atomic E-state index is 5.90. The number of rotatable bonds is 6. The third kappa shape index (κ3) is 2.89. The first kappa shape index (κ1) is 13.3. The highest BCUT2D eigenvalue weighted by Crippen LogP contribution is 2.38. The lowest BCUT2D eigenvalue weighted by Crippen LogP contribution is -2.07. The number of benzene rings is 1. The minimum absolute atomic E-state index is 0.274. The van der Waals surface area contributed by atoms with Crippen LogP contribution in [-0.2, 0) is 12.8 Å². The minimum Gasteiger partial charge on any atom is -0.493 e. The first-order valence-corrected chi connectivity index (χ1v) is 7.52. The number of fused-ring (bicyclic) bond motifs is 1. The molecule has 0 saturated heterocycles. The van der Waals surface area contributed by atoms with E-state index in [1.54, 1.807) is 11.3 Å². The lowest BCUT2D eigenvalue weighted by Gasteiger charge is -2.12. The Hall–Kier alpha value is -1.72. The second-order valence-electron chi connectivity index (χ2n) is 4.53. The number of nitrogens with two attached hydrogens (primary N) is 1. The largest absolute Gasteiger partial charge is 0.493 e. The minimum atomic E-state index is 0.274. The lowest BCUT2D eigenvalue weighted by atomic mass is 10.1. The Morgan fingerprint density at radius 3 is 2.80 bits per heavy atom. The fraction of sp³-hybridized carbons (Fsp3) is 0.333. The lowest BCUT2D eigenvalue weighted by molar-refractivity contribution is 0.173. The Bertz CT molecular complexity index is 569. The first-order chi connectivity index (χ1) is 9.86. The molecule has 5 heteroatoms. The van der Waals surface area contributed by atoms with E-state index >= 15 is 0 Å². The molecule has 0 fully saturated rings. The molecule has 1 aliphatic rings. The van der Waals surface area contributed by atoms with Gasteiger partial charge in [0, 0.05) is 17.4 Å². The summed E-state index contributed by atoms with van der Waals surface area (Å²) in [5, 5.41) is 2.08. The zero-order chi connectivity index (χ0) is 13.8. The molecule has 0 atom stereocenters. The van der Waals surface area contributed by atoms with Crippen molar-refractivity contribution in [2.24, 2.45) is 5.73 Å². The van der Waals surface area contributed by atoms with Gasteiger partial charge in [-0.25, -0.2) is 0 Å². The zero-order valence-corrected chi connectivity index (χ0v) is 11.9. The van der Waals surface area contributed by atoms with Crippen molar-refractivity contribution in [3.05, 3.63) is 40.1 Å². The Labute approximate surface area is 122 Å². The summed E-state index contributed by atoms with van der Waals surface area (Å²) >= 11 is 1.75. The molecular formula is C15H17NO3S. The van der Waals surface area contributed by atoms with Gasteiger partial charge in [-0.15, -0.1) is 11.3 Å². The molecule has 0 radical (unpaired) electrons. The molecule has 0 amide bonds. The van der Waals surface area contributed by atoms with Gasteiger partial charge in [0.1, 0.15) is 5.75 Å². The second kappa shape index (κ2) is 6.15. The van der Waals surface area contributed by atoms with Crippen LogP contribution in [0.1, 0.15) is 10.4 Å². The van der Waals surface area contributed by atoms with Gasteiger partial charge >= 0.3 is 0 Å². The third-order valence-corrected chi connectivity index (χ3v) is 4.09. The molecule has 0 spiro atoms. The number of ether oxygens (including phenoxy) is 3. The van der Waals surface area contributed by atoms with Gasteiger partial charge in [-0.3, -0.25) is 0 Å². The van der Waals surface area contributed by atoms with Crippen LogP contribution in [0.15, 0.2) is 29.6 Å². The first-order valence-electron chi connectivity index (χ1n) is 6.64. The van der Waals surface area contributed by atoms with E-state index < -0.39 is 0 Å². The van der Waals surface area contributed by atoms with Crippen molar-refractivity contribution in [1.82, 2.24) is 0 Å². The molecule has 2 N–H and O–H groups in total. The van der Waals surface area contributed by atoms with Crippen LogP contribution in [0.4, 0.5) is 0 Å². The zero-order valence-electron chi connectivity index (χ0n) is 11.1. The van der Waals surface area contributed by atoms with E-state index in [9.17, 15) is 0 Å². The van der Waals surface area contributed by atoms with Gasteiger partial charge in [-0.2, -0.15) is 0 Å². The summed E-state index contributed by atoms with van der Waals surface area (Å²) in [5.41, 5.74) is 6.73. The van der Waals surface area contributed by atoms with Crippen molar-refractivity contribution < 1.29 is 14.2 Å². The number of hydrogen-bond donors (Lipinski definition) is 1. The van der Waals surface area contributed by atoms with Crippen molar-refractivity contribution in [3.8, 4) is 17.2 Å². The van der Waals surface area contributed by atoms with Crippen LogP contribution in [0.3, 0.4) is 0 Å². The van der Waals surface area contributed by atoms with Crippen LogP contribution in [0, 0.1) is 0 Å². The smallest absolute Gasteiger partial charge is 0.231 e. The van der Waals surface area contributed by atoms with Gasteiger partial charge in [0.25, 0.3) is 0 Å². The fourth-order valence-corrected chi connectivity index (χ4v) is 2.86. The highest BCUT2D eigenvalue weighted by Gasteiger charge is 2.17. The van der Waals surface area contributed by atoms with Crippen molar-refractivity contribution >= 4 is 11.3 Å². The molecule has 0 saturated carbocycles. The summed E-state index contributed by atoms with van der Waals surface area (Å²) < 4.78 is 16.7. The maximum absolute atomic E-state index is 5.90. The van der Waals surface area contributed by atoms with E-state index in [2.05, 4.69) is 17.5 Å². The summed E-state index contributed by atoms with van der Waals surface area (Å²) in [5.74, 6) is 2.37. The molecule has 4 nitrogen and oxygen atoms in total. The molecule has 2 heterocycles. The van der Waals surface area contributed by atoms with E-state index in [0.29, 0.717) is 13.2 Å². The van der Waals surface area contributed by atoms with E-state index in [4.69, 9.17) is 19.9 Å². The monoisotopic (exact) mass is 291 g/mol. The second-order valence-corrected chi connectivity index (χ2v) is 5.56. The molecule has 1 aromatic carbocycles. The van der Waals surface area contributed by atoms with Crippen LogP contribution in [0.2, 0.25) is 0 Å². The van der Waals surface area contributed by atoms with Crippen molar-refractivity contribution in [2.45, 2.75) is 12.8 Å². The highest BCUT2D eigenvalue weighted by atomic mass is 32.1. The Balaban J connectivity index is 1.70. The van der Waals surface area contributed by atoms with Crippen LogP contribution in [0.25, 0.3) is 0 Å². The average Bonchev–Trinajstić information content (AvgIpc) is 3.10. The predicted molar refractivity (Wildman–Crippen MR) is 78.8 cm³/mol. The average molecular weight is 291 g/mol. The third-order valence-electron chi connectivity index (χ3n) is 3.16. The quantitative estimate of drug-likeness (QED) is 0.889. The standard InChI is InChI=1S/C15H17NO3S/c16-5-3-11-8-14-15(19-10-18-14)9-13(11)17-6-4-12-2-1-7-20-12/h1-2,7-9H,3-6,10,16H2. The van der Waals surface area contributed by atoms with Gasteiger partial charge < -0.3 is 19.9 Å². The van der Waals surface area contributed by atoms with E-state index in [1.165, 1.54) is 4.88 Å². The molecule has 1 aromatic heterocycles. The Kier molecular flexibility index (Phi) is 4.08. The highest BCUT2D eigenvalue weighted by molar-refractivity contribution is 7.09. The van der Waals surface area contributed by atoms with Crippen LogP contribution >= 0.6 is 11.3 Å². The normalized spacial score (nSPS) is 12.7. The molecule has 3 rings (SSSR count). The van der Waals surface area contributed by atoms with Crippen LogP contribution < -0.4 is 19.9 Å². The SMILES string of the molecule is NCCc1cc2c(cc1OCCc1cccs1)OCO2. The van der Waals surface area contributed by atoms with E-state index in [-0.39, 0.29) is 6.79 Å². The summed E-state index contributed by atoms with van der Waals surface area (Å²) in [4.78, 5) is 1.33. The van der Waals surface area contributed by atoms with Crippen molar-refractivity contribution in [1.29, 1.82) is 0 Å². The summed E-state index contributed by atoms with van der Waals surface area (Å²) in [7, 11) is 0. The number of hydrogen-bond acceptors (Lipinski definition) is 5. The molecule has 1 aliphatic heterocycles. The van der Waals surface area contributed by atoms with E-state index in [0.717, 1.165) is 35.7 Å². The maximum Gasteiger partial charge on any atom is 0.231 e. The summed E-state index contributed by atoms with van der Waals surface area (Å²) in [6, 6.07) is 8.05.